The van der Waals surface area contributed by atoms with Gasteiger partial charge >= 0.3 is 0 Å². The molecule has 1 aromatic rings. The van der Waals surface area contributed by atoms with Crippen LogP contribution in [0.25, 0.3) is 0 Å². The number of hydrogen-bond donors (Lipinski definition) is 1. The minimum atomic E-state index is 0.684. The molecule has 0 radical (unpaired) electrons. The molecule has 0 aliphatic rings. The van der Waals surface area contributed by atoms with Crippen molar-refractivity contribution in [1.29, 1.82) is 0 Å². The first kappa shape index (κ1) is 26.9. The maximum Gasteiger partial charge on any atom is 0.177 e. The van der Waals surface area contributed by atoms with E-state index in [2.05, 4.69) is 29.3 Å². The van der Waals surface area contributed by atoms with Gasteiger partial charge in [-0.1, -0.05) is 147 Å². The summed E-state index contributed by atoms with van der Waals surface area (Å²) in [5.41, 5.74) is 0. The molecule has 2 N–H and O–H groups in total. The fourth-order valence-electron chi connectivity index (χ4n) is 4.43. The smallest absolute Gasteiger partial charge is 0.177 e. The van der Waals surface area contributed by atoms with Crippen LogP contribution in [0.2, 0.25) is 0 Å². The zero-order valence-electron chi connectivity index (χ0n) is 20.3. The third-order valence-corrected chi connectivity index (χ3v) is 6.37. The predicted octanol–water partition coefficient (Wildman–Crippen LogP) is 7.39. The van der Waals surface area contributed by atoms with Crippen LogP contribution in [-0.2, 0) is 6.42 Å². The fraction of sp³-hybridized carbons (Fsp3) is 0.960. The zero-order chi connectivity index (χ0) is 21.7. The summed E-state index contributed by atoms with van der Waals surface area (Å²) in [6.07, 6.45) is 28.6. The third kappa shape index (κ3) is 15.7. The van der Waals surface area contributed by atoms with Crippen molar-refractivity contribution in [3.63, 3.8) is 0 Å². The lowest BCUT2D eigenvalue weighted by Crippen LogP contribution is -2.13. The van der Waals surface area contributed by atoms with E-state index in [-0.39, 0.29) is 0 Å². The van der Waals surface area contributed by atoms with Gasteiger partial charge in [0.05, 0.1) is 0 Å². The topological polar surface area (TPSA) is 69.6 Å². The number of unbranched alkanes of at least 4 members (excludes halogenated alkanes) is 16. The number of nitrogens with zero attached hydrogens (tertiary/aromatic N) is 4. The van der Waals surface area contributed by atoms with Crippen LogP contribution < -0.4 is 5.84 Å². The summed E-state index contributed by atoms with van der Waals surface area (Å²) in [7, 11) is 0. The Morgan fingerprint density at radius 3 is 1.40 bits per heavy atom. The Morgan fingerprint density at radius 1 is 0.633 bits per heavy atom. The van der Waals surface area contributed by atoms with Gasteiger partial charge in [-0.05, 0) is 11.1 Å². The van der Waals surface area contributed by atoms with E-state index in [0.29, 0.717) is 5.92 Å². The molecule has 0 aromatic carbocycles. The van der Waals surface area contributed by atoms with Gasteiger partial charge in [0, 0.05) is 6.42 Å². The van der Waals surface area contributed by atoms with E-state index < -0.39 is 0 Å². The highest BCUT2D eigenvalue weighted by atomic mass is 15.7. The average molecular weight is 422 g/mol. The molecule has 1 atom stereocenters. The molecule has 1 heterocycles. The molecule has 1 aromatic heterocycles. The molecular formula is C25H51N5. The van der Waals surface area contributed by atoms with Gasteiger partial charge in [0.25, 0.3) is 0 Å². The highest BCUT2D eigenvalue weighted by molar-refractivity contribution is 4.81. The van der Waals surface area contributed by atoms with Crippen molar-refractivity contribution in [2.45, 2.75) is 149 Å². The van der Waals surface area contributed by atoms with Crippen LogP contribution in [0.4, 0.5) is 0 Å². The number of rotatable bonds is 22. The van der Waals surface area contributed by atoms with Crippen molar-refractivity contribution in [2.75, 3.05) is 5.84 Å². The first-order chi connectivity index (χ1) is 14.8. The second-order valence-electron chi connectivity index (χ2n) is 9.33. The molecule has 1 unspecified atom stereocenters. The Kier molecular flexibility index (Phi) is 17.8. The Bertz CT molecular complexity index is 474. The molecule has 0 saturated carbocycles. The van der Waals surface area contributed by atoms with Crippen LogP contribution >= 0.6 is 0 Å². The van der Waals surface area contributed by atoms with Gasteiger partial charge in [0.2, 0.25) is 0 Å². The van der Waals surface area contributed by atoms with Crippen molar-refractivity contribution >= 4 is 0 Å². The van der Waals surface area contributed by atoms with Gasteiger partial charge in [0.15, 0.2) is 5.82 Å². The molecular weight excluding hydrogens is 370 g/mol. The van der Waals surface area contributed by atoms with Gasteiger partial charge in [-0.15, -0.1) is 10.2 Å². The average Bonchev–Trinajstić information content (AvgIpc) is 3.15. The molecule has 5 heteroatoms. The summed E-state index contributed by atoms with van der Waals surface area (Å²) in [6, 6.07) is 0. The third-order valence-electron chi connectivity index (χ3n) is 6.37. The van der Waals surface area contributed by atoms with Crippen molar-refractivity contribution in [3.05, 3.63) is 5.82 Å². The summed E-state index contributed by atoms with van der Waals surface area (Å²) >= 11 is 0. The minimum absolute atomic E-state index is 0.684. The second-order valence-corrected chi connectivity index (χ2v) is 9.33. The summed E-state index contributed by atoms with van der Waals surface area (Å²) in [6.45, 7) is 4.57. The van der Waals surface area contributed by atoms with Crippen LogP contribution in [0.15, 0.2) is 0 Å². The Hall–Kier alpha value is -1.13. The molecule has 0 aliphatic carbocycles. The lowest BCUT2D eigenvalue weighted by Gasteiger charge is -2.15. The van der Waals surface area contributed by atoms with Crippen LogP contribution in [0, 0.1) is 5.92 Å². The maximum absolute atomic E-state index is 5.58. The van der Waals surface area contributed by atoms with E-state index in [1.807, 2.05) is 0 Å². The Morgan fingerprint density at radius 2 is 1.03 bits per heavy atom. The Labute approximate surface area is 186 Å². The van der Waals surface area contributed by atoms with E-state index in [4.69, 9.17) is 5.84 Å². The van der Waals surface area contributed by atoms with Crippen LogP contribution in [0.1, 0.15) is 148 Å². The summed E-state index contributed by atoms with van der Waals surface area (Å²) < 4.78 is 0. The SMILES string of the molecule is CCCCCCCCCCCCC(CCCCCCCCCC)Cc1nnn(N)n1. The van der Waals surface area contributed by atoms with Gasteiger partial charge in [-0.25, -0.2) is 0 Å². The minimum Gasteiger partial charge on any atom is -0.304 e. The lowest BCUT2D eigenvalue weighted by molar-refractivity contribution is 0.393. The van der Waals surface area contributed by atoms with Crippen molar-refractivity contribution in [1.82, 2.24) is 20.3 Å². The van der Waals surface area contributed by atoms with Crippen LogP contribution in [-0.4, -0.2) is 20.3 Å². The maximum atomic E-state index is 5.58. The standard InChI is InChI=1S/C25H51N5/c1-3-5-7-9-11-13-14-16-18-20-22-24(23-25-27-29-30(26)28-25)21-19-17-15-12-10-8-6-4-2/h24H,3-23,26H2,1-2H3. The van der Waals surface area contributed by atoms with Gasteiger partial charge in [0.1, 0.15) is 0 Å². The zero-order valence-corrected chi connectivity index (χ0v) is 20.3. The fourth-order valence-corrected chi connectivity index (χ4v) is 4.43. The monoisotopic (exact) mass is 421 g/mol. The highest BCUT2D eigenvalue weighted by Gasteiger charge is 2.13. The van der Waals surface area contributed by atoms with E-state index in [1.54, 1.807) is 0 Å². The highest BCUT2D eigenvalue weighted by Crippen LogP contribution is 2.22. The lowest BCUT2D eigenvalue weighted by atomic mass is 9.91. The summed E-state index contributed by atoms with van der Waals surface area (Å²) in [5, 5.41) is 12.1. The van der Waals surface area contributed by atoms with Gasteiger partial charge in [-0.2, -0.15) is 0 Å². The van der Waals surface area contributed by atoms with E-state index in [9.17, 15) is 0 Å². The van der Waals surface area contributed by atoms with Crippen molar-refractivity contribution in [3.8, 4) is 0 Å². The number of nitrogens with two attached hydrogens (primary N) is 1. The van der Waals surface area contributed by atoms with Crippen molar-refractivity contribution < 1.29 is 0 Å². The van der Waals surface area contributed by atoms with E-state index in [0.717, 1.165) is 17.2 Å². The second kappa shape index (κ2) is 19.8. The molecule has 0 amide bonds. The molecule has 0 saturated heterocycles. The molecule has 176 valence electrons. The van der Waals surface area contributed by atoms with Crippen LogP contribution in [0.5, 0.6) is 0 Å². The van der Waals surface area contributed by atoms with Crippen molar-refractivity contribution in [2.24, 2.45) is 5.92 Å². The largest absolute Gasteiger partial charge is 0.304 e. The van der Waals surface area contributed by atoms with Crippen LogP contribution in [0.3, 0.4) is 0 Å². The first-order valence-corrected chi connectivity index (χ1v) is 13.3. The van der Waals surface area contributed by atoms with Gasteiger partial charge in [-0.3, -0.25) is 0 Å². The Balaban J connectivity index is 2.13. The van der Waals surface area contributed by atoms with E-state index >= 15 is 0 Å². The number of hydrogen-bond acceptors (Lipinski definition) is 4. The molecule has 0 aliphatic heterocycles. The molecule has 30 heavy (non-hydrogen) atoms. The number of tetrazole rings is 1. The number of nitrogen functional groups attached to an aromatic ring is 1. The van der Waals surface area contributed by atoms with E-state index in [1.165, 1.54) is 128 Å². The molecule has 0 bridgehead atoms. The summed E-state index contributed by atoms with van der Waals surface area (Å²) in [4.78, 5) is 1.10. The molecule has 1 rings (SSSR count). The van der Waals surface area contributed by atoms with Gasteiger partial charge < -0.3 is 5.84 Å². The quantitative estimate of drug-likeness (QED) is 0.156. The normalized spacial score (nSPS) is 12.5. The molecule has 0 spiro atoms. The first-order valence-electron chi connectivity index (χ1n) is 13.3. The predicted molar refractivity (Wildman–Crippen MR) is 129 cm³/mol. The molecule has 0 fully saturated rings. The summed E-state index contributed by atoms with van der Waals surface area (Å²) in [5.74, 6) is 7.08. The number of aromatic nitrogens is 4. The molecule has 5 nitrogen and oxygen atoms in total.